The van der Waals surface area contributed by atoms with Gasteiger partial charge in [-0.25, -0.2) is 9.97 Å². The first-order chi connectivity index (χ1) is 11.4. The Balaban J connectivity index is 0.00000225. The van der Waals surface area contributed by atoms with Gasteiger partial charge in [0.25, 0.3) is 0 Å². The molecular weight excluding hydrogens is 323 g/mol. The number of aliphatic hydroxyl groups excluding tert-OH is 1. The van der Waals surface area contributed by atoms with Crippen molar-refractivity contribution in [2.45, 2.75) is 19.2 Å². The third kappa shape index (κ3) is 3.16. The molecule has 6 nitrogen and oxygen atoms in total. The van der Waals surface area contributed by atoms with Crippen LogP contribution < -0.4 is 5.32 Å². The monoisotopic (exact) mass is 339 g/mol. The van der Waals surface area contributed by atoms with E-state index in [1.807, 2.05) is 0 Å². The number of alkyl halides is 3. The number of rotatable bonds is 4. The van der Waals surface area contributed by atoms with Gasteiger partial charge in [0.05, 0.1) is 17.4 Å². The van der Waals surface area contributed by atoms with Crippen LogP contribution in [0.4, 0.5) is 19.0 Å². The number of hydrogen-bond donors (Lipinski definition) is 3. The van der Waals surface area contributed by atoms with Crippen LogP contribution in [-0.4, -0.2) is 37.9 Å². The molecule has 3 rings (SSSR count). The quantitative estimate of drug-likeness (QED) is 0.680. The van der Waals surface area contributed by atoms with Crippen molar-refractivity contribution in [2.75, 3.05) is 11.9 Å². The Kier molecular flexibility index (Phi) is 4.10. The third-order valence-electron chi connectivity index (χ3n) is 3.35. The molecule has 1 atom stereocenters. The van der Waals surface area contributed by atoms with Crippen LogP contribution in [0.25, 0.3) is 22.4 Å². The standard InChI is InChI=1S/C15H14F3N5O.H2/c1-8(24)7-20-11-5-4-10(15(16,17)18)13(21-11)12-9-3-2-6-19-14(9)23-22-12;/h2-6,8,24H,7H2,1H3,(H,20,21)(H,19,22,23);1H. The molecule has 0 fully saturated rings. The smallest absolute Gasteiger partial charge is 0.392 e. The lowest BCUT2D eigenvalue weighted by molar-refractivity contribution is -0.137. The van der Waals surface area contributed by atoms with E-state index in [1.54, 1.807) is 19.1 Å². The van der Waals surface area contributed by atoms with Crippen LogP contribution >= 0.6 is 0 Å². The second kappa shape index (κ2) is 6.08. The number of fused-ring (bicyclic) bond motifs is 1. The lowest BCUT2D eigenvalue weighted by Crippen LogP contribution is -2.17. The third-order valence-corrected chi connectivity index (χ3v) is 3.35. The van der Waals surface area contributed by atoms with Crippen LogP contribution in [0.15, 0.2) is 30.5 Å². The summed E-state index contributed by atoms with van der Waals surface area (Å²) in [5.41, 5.74) is -0.691. The van der Waals surface area contributed by atoms with Gasteiger partial charge in [0, 0.05) is 19.6 Å². The average Bonchev–Trinajstić information content (AvgIpc) is 2.95. The molecule has 0 aliphatic carbocycles. The maximum Gasteiger partial charge on any atom is 0.418 e. The van der Waals surface area contributed by atoms with Crippen molar-refractivity contribution >= 4 is 16.9 Å². The minimum atomic E-state index is -4.56. The Morgan fingerprint density at radius 2 is 2.12 bits per heavy atom. The number of halogens is 3. The van der Waals surface area contributed by atoms with Gasteiger partial charge in [0.2, 0.25) is 0 Å². The predicted octanol–water partition coefficient (Wildman–Crippen LogP) is 3.08. The molecule has 0 bridgehead atoms. The van der Waals surface area contributed by atoms with E-state index < -0.39 is 17.8 Å². The van der Waals surface area contributed by atoms with Gasteiger partial charge in [-0.3, -0.25) is 5.10 Å². The first-order valence-corrected chi connectivity index (χ1v) is 7.16. The van der Waals surface area contributed by atoms with Crippen LogP contribution in [0.1, 0.15) is 13.9 Å². The minimum Gasteiger partial charge on any atom is -0.392 e. The maximum absolute atomic E-state index is 13.3. The Labute approximate surface area is 136 Å². The number of aliphatic hydroxyl groups is 1. The Hall–Kier alpha value is -2.68. The molecule has 24 heavy (non-hydrogen) atoms. The molecule has 128 valence electrons. The minimum absolute atomic E-state index is 0. The molecule has 3 aromatic heterocycles. The molecule has 3 heterocycles. The Morgan fingerprint density at radius 3 is 2.83 bits per heavy atom. The normalized spacial score (nSPS) is 13.2. The lowest BCUT2D eigenvalue weighted by atomic mass is 10.1. The average molecular weight is 339 g/mol. The highest BCUT2D eigenvalue weighted by Crippen LogP contribution is 2.37. The van der Waals surface area contributed by atoms with Crippen LogP contribution in [0.2, 0.25) is 0 Å². The van der Waals surface area contributed by atoms with Gasteiger partial charge in [-0.15, -0.1) is 0 Å². The molecule has 3 aromatic rings. The highest BCUT2D eigenvalue weighted by atomic mass is 19.4. The van der Waals surface area contributed by atoms with E-state index >= 15 is 0 Å². The zero-order valence-electron chi connectivity index (χ0n) is 12.6. The molecule has 3 N–H and O–H groups in total. The van der Waals surface area contributed by atoms with Crippen molar-refractivity contribution in [3.63, 3.8) is 0 Å². The lowest BCUT2D eigenvalue weighted by Gasteiger charge is -2.14. The fourth-order valence-corrected chi connectivity index (χ4v) is 2.26. The van der Waals surface area contributed by atoms with E-state index in [1.165, 1.54) is 12.3 Å². The van der Waals surface area contributed by atoms with Gasteiger partial charge < -0.3 is 10.4 Å². The van der Waals surface area contributed by atoms with E-state index in [0.717, 1.165) is 6.07 Å². The van der Waals surface area contributed by atoms with E-state index in [-0.39, 0.29) is 25.2 Å². The molecule has 0 saturated heterocycles. The van der Waals surface area contributed by atoms with Crippen molar-refractivity contribution < 1.29 is 19.7 Å². The zero-order chi connectivity index (χ0) is 17.3. The molecule has 0 spiro atoms. The highest BCUT2D eigenvalue weighted by molar-refractivity contribution is 5.90. The molecular formula is C15H16F3N5O. The number of anilines is 1. The predicted molar refractivity (Wildman–Crippen MR) is 84.4 cm³/mol. The van der Waals surface area contributed by atoms with Crippen LogP contribution in [0, 0.1) is 0 Å². The first-order valence-electron chi connectivity index (χ1n) is 7.16. The van der Waals surface area contributed by atoms with Crippen molar-refractivity contribution in [1.82, 2.24) is 20.2 Å². The second-order valence-corrected chi connectivity index (χ2v) is 5.29. The topological polar surface area (TPSA) is 86.7 Å². The van der Waals surface area contributed by atoms with Crippen LogP contribution in [0.5, 0.6) is 0 Å². The van der Waals surface area contributed by atoms with Gasteiger partial charge in [-0.2, -0.15) is 18.3 Å². The van der Waals surface area contributed by atoms with Gasteiger partial charge in [-0.05, 0) is 31.2 Å². The van der Waals surface area contributed by atoms with Crippen molar-refractivity contribution in [3.8, 4) is 11.4 Å². The molecule has 0 aromatic carbocycles. The van der Waals surface area contributed by atoms with E-state index in [9.17, 15) is 18.3 Å². The Bertz CT molecular complexity index is 866. The first kappa shape index (κ1) is 16.2. The summed E-state index contributed by atoms with van der Waals surface area (Å²) in [6.45, 7) is 1.73. The summed E-state index contributed by atoms with van der Waals surface area (Å²) in [6.07, 6.45) is -3.72. The van der Waals surface area contributed by atoms with Crippen molar-refractivity contribution in [2.24, 2.45) is 0 Å². The van der Waals surface area contributed by atoms with Crippen LogP contribution in [-0.2, 0) is 6.18 Å². The zero-order valence-corrected chi connectivity index (χ0v) is 12.6. The summed E-state index contributed by atoms with van der Waals surface area (Å²) in [7, 11) is 0. The number of H-pyrrole nitrogens is 1. The SMILES string of the molecule is CC(O)CNc1ccc(C(F)(F)F)c(-c2[nH]nc3ncccc23)n1.[HH]. The molecule has 0 saturated carbocycles. The highest BCUT2D eigenvalue weighted by Gasteiger charge is 2.35. The summed E-state index contributed by atoms with van der Waals surface area (Å²) >= 11 is 0. The Morgan fingerprint density at radius 1 is 1.33 bits per heavy atom. The summed E-state index contributed by atoms with van der Waals surface area (Å²) in [5, 5.41) is 19.0. The largest absolute Gasteiger partial charge is 0.418 e. The van der Waals surface area contributed by atoms with E-state index in [0.29, 0.717) is 11.0 Å². The van der Waals surface area contributed by atoms with Gasteiger partial charge in [0.15, 0.2) is 5.65 Å². The number of pyridine rings is 2. The fourth-order valence-electron chi connectivity index (χ4n) is 2.26. The molecule has 0 radical (unpaired) electrons. The van der Waals surface area contributed by atoms with Gasteiger partial charge in [-0.1, -0.05) is 0 Å². The summed E-state index contributed by atoms with van der Waals surface area (Å²) < 4.78 is 40.0. The molecule has 0 aliphatic rings. The number of nitrogens with one attached hydrogen (secondary N) is 2. The molecule has 0 aliphatic heterocycles. The summed E-state index contributed by atoms with van der Waals surface area (Å²) in [5.74, 6) is 0.227. The van der Waals surface area contributed by atoms with E-state index in [2.05, 4.69) is 25.5 Å². The number of aromatic amines is 1. The molecule has 1 unspecified atom stereocenters. The number of nitrogens with zero attached hydrogens (tertiary/aromatic N) is 3. The van der Waals surface area contributed by atoms with Crippen molar-refractivity contribution in [1.29, 1.82) is 0 Å². The molecule has 0 amide bonds. The van der Waals surface area contributed by atoms with Crippen LogP contribution in [0.3, 0.4) is 0 Å². The summed E-state index contributed by atoms with van der Waals surface area (Å²) in [6, 6.07) is 5.42. The molecule has 9 heteroatoms. The number of hydrogen-bond acceptors (Lipinski definition) is 5. The van der Waals surface area contributed by atoms with Crippen molar-refractivity contribution in [3.05, 3.63) is 36.0 Å². The second-order valence-electron chi connectivity index (χ2n) is 5.29. The summed E-state index contributed by atoms with van der Waals surface area (Å²) in [4.78, 5) is 8.06. The van der Waals surface area contributed by atoms with Gasteiger partial charge in [0.1, 0.15) is 11.5 Å². The van der Waals surface area contributed by atoms with Gasteiger partial charge >= 0.3 is 6.18 Å². The maximum atomic E-state index is 13.3. The van der Waals surface area contributed by atoms with E-state index in [4.69, 9.17) is 0 Å². The fraction of sp³-hybridized carbons (Fsp3) is 0.267. The number of aromatic nitrogens is 4.